The van der Waals surface area contributed by atoms with Crippen molar-refractivity contribution in [2.45, 2.75) is 70.5 Å². The summed E-state index contributed by atoms with van der Waals surface area (Å²) in [6, 6.07) is 0.351. The Kier molecular flexibility index (Phi) is 5.16. The summed E-state index contributed by atoms with van der Waals surface area (Å²) in [4.78, 5) is 6.85. The lowest BCUT2D eigenvalue weighted by atomic mass is 9.88. The topological polar surface area (TPSA) is 60.0 Å². The van der Waals surface area contributed by atoms with Crippen LogP contribution in [-0.4, -0.2) is 38.8 Å². The standard InChI is InChI=1S/C15H29N5/c1-13(2)20-14(17-12-18-20)10-19(3)15(11-16)8-6-4-5-7-9-15/h12-13H,4-11,16H2,1-3H3. The molecule has 2 N–H and O–H groups in total. The highest BCUT2D eigenvalue weighted by Gasteiger charge is 2.34. The first-order valence-corrected chi connectivity index (χ1v) is 7.89. The molecular formula is C15H29N5. The molecule has 1 saturated carbocycles. The van der Waals surface area contributed by atoms with Crippen LogP contribution in [0.25, 0.3) is 0 Å². The molecule has 1 fully saturated rings. The summed E-state index contributed by atoms with van der Waals surface area (Å²) >= 11 is 0. The van der Waals surface area contributed by atoms with E-state index in [9.17, 15) is 0 Å². The zero-order valence-corrected chi connectivity index (χ0v) is 13.2. The second-order valence-electron chi connectivity index (χ2n) is 6.41. The van der Waals surface area contributed by atoms with Crippen LogP contribution in [-0.2, 0) is 6.54 Å². The molecule has 0 aliphatic heterocycles. The van der Waals surface area contributed by atoms with Crippen molar-refractivity contribution in [2.24, 2.45) is 5.73 Å². The van der Waals surface area contributed by atoms with Crippen LogP contribution in [0.4, 0.5) is 0 Å². The minimum atomic E-state index is 0.143. The highest BCUT2D eigenvalue weighted by molar-refractivity contribution is 4.95. The molecule has 0 radical (unpaired) electrons. The smallest absolute Gasteiger partial charge is 0.141 e. The molecule has 0 aromatic carbocycles. The van der Waals surface area contributed by atoms with Crippen LogP contribution in [0, 0.1) is 0 Å². The third-order valence-electron chi connectivity index (χ3n) is 4.74. The molecule has 1 aliphatic carbocycles. The van der Waals surface area contributed by atoms with E-state index in [-0.39, 0.29) is 5.54 Å². The van der Waals surface area contributed by atoms with Crippen LogP contribution in [0.15, 0.2) is 6.33 Å². The van der Waals surface area contributed by atoms with E-state index >= 15 is 0 Å². The molecule has 0 atom stereocenters. The molecule has 114 valence electrons. The van der Waals surface area contributed by atoms with Gasteiger partial charge in [0.15, 0.2) is 0 Å². The summed E-state index contributed by atoms with van der Waals surface area (Å²) in [6.45, 7) is 5.85. The van der Waals surface area contributed by atoms with E-state index in [1.165, 1.54) is 38.5 Å². The monoisotopic (exact) mass is 279 g/mol. The first-order chi connectivity index (χ1) is 9.59. The van der Waals surface area contributed by atoms with Crippen molar-refractivity contribution in [3.63, 3.8) is 0 Å². The van der Waals surface area contributed by atoms with Crippen LogP contribution in [0.5, 0.6) is 0 Å². The fourth-order valence-corrected chi connectivity index (χ4v) is 3.33. The van der Waals surface area contributed by atoms with Crippen LogP contribution < -0.4 is 5.73 Å². The molecule has 1 aromatic rings. The van der Waals surface area contributed by atoms with E-state index in [1.807, 2.05) is 4.68 Å². The summed E-state index contributed by atoms with van der Waals surface area (Å²) in [7, 11) is 2.19. The molecule has 2 rings (SSSR count). The Morgan fingerprint density at radius 3 is 2.50 bits per heavy atom. The van der Waals surface area contributed by atoms with E-state index in [4.69, 9.17) is 5.73 Å². The van der Waals surface area contributed by atoms with Gasteiger partial charge in [-0.3, -0.25) is 4.90 Å². The molecule has 5 heteroatoms. The van der Waals surface area contributed by atoms with Gasteiger partial charge in [-0.15, -0.1) is 0 Å². The molecule has 1 heterocycles. The van der Waals surface area contributed by atoms with Crippen molar-refractivity contribution < 1.29 is 0 Å². The SMILES string of the molecule is CC(C)n1ncnc1CN(C)C1(CN)CCCCCC1. The van der Waals surface area contributed by atoms with E-state index in [1.54, 1.807) is 6.33 Å². The lowest BCUT2D eigenvalue weighted by Crippen LogP contribution is -2.51. The highest BCUT2D eigenvalue weighted by atomic mass is 15.4. The number of nitrogens with zero attached hydrogens (tertiary/aromatic N) is 4. The van der Waals surface area contributed by atoms with Gasteiger partial charge < -0.3 is 5.73 Å². The van der Waals surface area contributed by atoms with Gasteiger partial charge in [-0.1, -0.05) is 25.7 Å². The maximum Gasteiger partial charge on any atom is 0.141 e. The first-order valence-electron chi connectivity index (χ1n) is 7.89. The van der Waals surface area contributed by atoms with Gasteiger partial charge in [-0.2, -0.15) is 5.10 Å². The lowest BCUT2D eigenvalue weighted by molar-refractivity contribution is 0.0948. The third kappa shape index (κ3) is 3.20. The second-order valence-corrected chi connectivity index (χ2v) is 6.41. The number of rotatable bonds is 5. The van der Waals surface area contributed by atoms with E-state index in [0.29, 0.717) is 6.04 Å². The average molecular weight is 279 g/mol. The Balaban J connectivity index is 2.12. The molecule has 5 nitrogen and oxygen atoms in total. The zero-order chi connectivity index (χ0) is 14.6. The van der Waals surface area contributed by atoms with Crippen LogP contribution >= 0.6 is 0 Å². The van der Waals surface area contributed by atoms with Crippen LogP contribution in [0.3, 0.4) is 0 Å². The Labute approximate surface area is 122 Å². The quantitative estimate of drug-likeness (QED) is 0.840. The average Bonchev–Trinajstić information content (AvgIpc) is 2.75. The van der Waals surface area contributed by atoms with Crippen LogP contribution in [0.1, 0.15) is 64.2 Å². The lowest BCUT2D eigenvalue weighted by Gasteiger charge is -2.40. The molecular weight excluding hydrogens is 250 g/mol. The second kappa shape index (κ2) is 6.68. The maximum atomic E-state index is 6.15. The number of likely N-dealkylation sites (N-methyl/N-ethyl adjacent to an activating group) is 1. The van der Waals surface area contributed by atoms with Crippen molar-refractivity contribution in [1.82, 2.24) is 19.7 Å². The van der Waals surface area contributed by atoms with Gasteiger partial charge in [-0.05, 0) is 33.7 Å². The largest absolute Gasteiger partial charge is 0.329 e. The fourth-order valence-electron chi connectivity index (χ4n) is 3.33. The molecule has 0 spiro atoms. The molecule has 0 amide bonds. The Bertz CT molecular complexity index is 404. The van der Waals surface area contributed by atoms with Crippen molar-refractivity contribution in [1.29, 1.82) is 0 Å². The highest BCUT2D eigenvalue weighted by Crippen LogP contribution is 2.31. The molecule has 0 bridgehead atoms. The van der Waals surface area contributed by atoms with Crippen molar-refractivity contribution in [2.75, 3.05) is 13.6 Å². The van der Waals surface area contributed by atoms with Gasteiger partial charge in [0.05, 0.1) is 6.54 Å². The van der Waals surface area contributed by atoms with E-state index < -0.39 is 0 Å². The van der Waals surface area contributed by atoms with Crippen LogP contribution in [0.2, 0.25) is 0 Å². The molecule has 1 aromatic heterocycles. The fraction of sp³-hybridized carbons (Fsp3) is 0.867. The predicted octanol–water partition coefficient (Wildman–Crippen LogP) is 2.34. The van der Waals surface area contributed by atoms with Crippen molar-refractivity contribution >= 4 is 0 Å². The molecule has 0 saturated heterocycles. The zero-order valence-electron chi connectivity index (χ0n) is 13.2. The Morgan fingerprint density at radius 1 is 1.30 bits per heavy atom. The minimum Gasteiger partial charge on any atom is -0.329 e. The van der Waals surface area contributed by atoms with Crippen molar-refractivity contribution in [3.8, 4) is 0 Å². The molecule has 0 unspecified atom stereocenters. The normalized spacial score (nSPS) is 19.5. The summed E-state index contributed by atoms with van der Waals surface area (Å²) < 4.78 is 2.01. The summed E-state index contributed by atoms with van der Waals surface area (Å²) in [5.74, 6) is 1.04. The van der Waals surface area contributed by atoms with E-state index in [2.05, 4.69) is 35.9 Å². The van der Waals surface area contributed by atoms with E-state index in [0.717, 1.165) is 18.9 Å². The number of hydrogen-bond donors (Lipinski definition) is 1. The van der Waals surface area contributed by atoms with Gasteiger partial charge in [0, 0.05) is 18.1 Å². The van der Waals surface area contributed by atoms with Crippen molar-refractivity contribution in [3.05, 3.63) is 12.2 Å². The number of hydrogen-bond acceptors (Lipinski definition) is 4. The Morgan fingerprint density at radius 2 is 1.95 bits per heavy atom. The van der Waals surface area contributed by atoms with Gasteiger partial charge in [0.1, 0.15) is 12.2 Å². The van der Waals surface area contributed by atoms with Gasteiger partial charge in [-0.25, -0.2) is 9.67 Å². The van der Waals surface area contributed by atoms with Gasteiger partial charge in [0.25, 0.3) is 0 Å². The first kappa shape index (κ1) is 15.4. The maximum absolute atomic E-state index is 6.15. The minimum absolute atomic E-state index is 0.143. The predicted molar refractivity (Wildman–Crippen MR) is 81.4 cm³/mol. The summed E-state index contributed by atoms with van der Waals surface area (Å²) in [5.41, 5.74) is 6.29. The molecule has 1 aliphatic rings. The third-order valence-corrected chi connectivity index (χ3v) is 4.74. The van der Waals surface area contributed by atoms with Gasteiger partial charge in [0.2, 0.25) is 0 Å². The number of aromatic nitrogens is 3. The number of nitrogens with two attached hydrogens (primary N) is 1. The summed E-state index contributed by atoms with van der Waals surface area (Å²) in [5, 5.41) is 4.33. The Hall–Kier alpha value is -0.940. The molecule has 20 heavy (non-hydrogen) atoms. The summed E-state index contributed by atoms with van der Waals surface area (Å²) in [6.07, 6.45) is 9.34. The van der Waals surface area contributed by atoms with Gasteiger partial charge >= 0.3 is 0 Å².